The van der Waals surface area contributed by atoms with Crippen molar-refractivity contribution in [3.8, 4) is 11.5 Å². The molecule has 2 rings (SSSR count). The number of rotatable bonds is 2. The number of hydrogen-bond donors (Lipinski definition) is 1. The summed E-state index contributed by atoms with van der Waals surface area (Å²) < 4.78 is 24.6. The monoisotopic (exact) mass is 239 g/mol. The average molecular weight is 239 g/mol. The Balaban J connectivity index is 2.76. The second kappa shape index (κ2) is 3.88. The third-order valence-corrected chi connectivity index (χ3v) is 3.44. The molecule has 0 fully saturated rings. The molecule has 3 nitrogen and oxygen atoms in total. The first-order valence-corrected chi connectivity index (χ1v) is 5.62. The van der Waals surface area contributed by atoms with Crippen molar-refractivity contribution in [1.82, 2.24) is 0 Å². The SMILES string of the molecule is COc1cc(F)c2c(c1OC)C(N)CC2(C)C. The predicted molar refractivity (Wildman–Crippen MR) is 64.1 cm³/mol. The Bertz CT molecular complexity index is 457. The summed E-state index contributed by atoms with van der Waals surface area (Å²) in [7, 11) is 3.05. The van der Waals surface area contributed by atoms with E-state index in [2.05, 4.69) is 0 Å². The Hall–Kier alpha value is -1.29. The minimum Gasteiger partial charge on any atom is -0.493 e. The molecule has 4 heteroatoms. The van der Waals surface area contributed by atoms with E-state index in [1.807, 2.05) is 13.8 Å². The van der Waals surface area contributed by atoms with Crippen LogP contribution in [0.3, 0.4) is 0 Å². The van der Waals surface area contributed by atoms with Gasteiger partial charge < -0.3 is 15.2 Å². The van der Waals surface area contributed by atoms with Crippen molar-refractivity contribution in [1.29, 1.82) is 0 Å². The molecule has 0 bridgehead atoms. The molecule has 1 aromatic carbocycles. The molecule has 1 aliphatic rings. The molecule has 1 aliphatic carbocycles. The fourth-order valence-corrected chi connectivity index (χ4v) is 2.79. The van der Waals surface area contributed by atoms with Crippen LogP contribution in [0.25, 0.3) is 0 Å². The molecule has 1 atom stereocenters. The Kier molecular flexibility index (Phi) is 2.78. The summed E-state index contributed by atoms with van der Waals surface area (Å²) in [6, 6.07) is 1.16. The number of hydrogen-bond acceptors (Lipinski definition) is 3. The van der Waals surface area contributed by atoms with Crippen LogP contribution in [-0.2, 0) is 5.41 Å². The Labute approximate surface area is 101 Å². The lowest BCUT2D eigenvalue weighted by atomic mass is 9.86. The van der Waals surface area contributed by atoms with Crippen LogP contribution >= 0.6 is 0 Å². The van der Waals surface area contributed by atoms with E-state index in [-0.39, 0.29) is 17.3 Å². The molecule has 1 aromatic rings. The molecule has 94 valence electrons. The number of fused-ring (bicyclic) bond motifs is 1. The van der Waals surface area contributed by atoms with Crippen LogP contribution in [-0.4, -0.2) is 14.2 Å². The maximum Gasteiger partial charge on any atom is 0.165 e. The highest BCUT2D eigenvalue weighted by molar-refractivity contribution is 5.57. The molecule has 0 saturated carbocycles. The average Bonchev–Trinajstić information content (AvgIpc) is 2.49. The Morgan fingerprint density at radius 2 is 2.00 bits per heavy atom. The van der Waals surface area contributed by atoms with Crippen LogP contribution in [0.2, 0.25) is 0 Å². The van der Waals surface area contributed by atoms with Gasteiger partial charge in [0.2, 0.25) is 0 Å². The van der Waals surface area contributed by atoms with E-state index in [1.165, 1.54) is 13.2 Å². The molecule has 2 N–H and O–H groups in total. The third kappa shape index (κ3) is 1.67. The molecule has 0 spiro atoms. The summed E-state index contributed by atoms with van der Waals surface area (Å²) in [5.74, 6) is 0.689. The zero-order valence-corrected chi connectivity index (χ0v) is 10.6. The lowest BCUT2D eigenvalue weighted by Crippen LogP contribution is -2.15. The second-order valence-corrected chi connectivity index (χ2v) is 5.08. The second-order valence-electron chi connectivity index (χ2n) is 5.08. The van der Waals surface area contributed by atoms with E-state index >= 15 is 0 Å². The highest BCUT2D eigenvalue weighted by Crippen LogP contribution is 2.51. The fraction of sp³-hybridized carbons (Fsp3) is 0.538. The van der Waals surface area contributed by atoms with Gasteiger partial charge in [0.05, 0.1) is 14.2 Å². The highest BCUT2D eigenvalue weighted by atomic mass is 19.1. The maximum atomic E-state index is 14.1. The summed E-state index contributed by atoms with van der Waals surface area (Å²) in [6.07, 6.45) is 0.711. The summed E-state index contributed by atoms with van der Waals surface area (Å²) >= 11 is 0. The topological polar surface area (TPSA) is 44.5 Å². The van der Waals surface area contributed by atoms with Gasteiger partial charge in [0.25, 0.3) is 0 Å². The van der Waals surface area contributed by atoms with Crippen LogP contribution < -0.4 is 15.2 Å². The van der Waals surface area contributed by atoms with Crippen molar-refractivity contribution in [3.05, 3.63) is 23.0 Å². The Morgan fingerprint density at radius 1 is 1.35 bits per heavy atom. The van der Waals surface area contributed by atoms with Gasteiger partial charge in [0.15, 0.2) is 11.5 Å². The minimum absolute atomic E-state index is 0.209. The fourth-order valence-electron chi connectivity index (χ4n) is 2.79. The van der Waals surface area contributed by atoms with Gasteiger partial charge in [0, 0.05) is 23.2 Å². The Morgan fingerprint density at radius 3 is 2.53 bits per heavy atom. The van der Waals surface area contributed by atoms with E-state index in [9.17, 15) is 4.39 Å². The molecule has 17 heavy (non-hydrogen) atoms. The van der Waals surface area contributed by atoms with Crippen LogP contribution in [0, 0.1) is 5.82 Å². The summed E-state index contributed by atoms with van der Waals surface area (Å²) in [6.45, 7) is 3.99. The number of ether oxygens (including phenoxy) is 2. The van der Waals surface area contributed by atoms with Gasteiger partial charge in [-0.3, -0.25) is 0 Å². The smallest absolute Gasteiger partial charge is 0.165 e. The first-order valence-electron chi connectivity index (χ1n) is 5.62. The molecule has 0 saturated heterocycles. The lowest BCUT2D eigenvalue weighted by Gasteiger charge is -2.20. The van der Waals surface area contributed by atoms with Crippen molar-refractivity contribution in [2.45, 2.75) is 31.7 Å². The van der Waals surface area contributed by atoms with Gasteiger partial charge in [-0.25, -0.2) is 4.39 Å². The molecular weight excluding hydrogens is 221 g/mol. The number of nitrogens with two attached hydrogens (primary N) is 1. The first-order chi connectivity index (χ1) is 7.92. The highest BCUT2D eigenvalue weighted by Gasteiger charge is 2.41. The van der Waals surface area contributed by atoms with Crippen molar-refractivity contribution < 1.29 is 13.9 Å². The quantitative estimate of drug-likeness (QED) is 0.862. The molecular formula is C13H18FNO2. The van der Waals surface area contributed by atoms with Crippen LogP contribution in [0.1, 0.15) is 37.4 Å². The summed E-state index contributed by atoms with van der Waals surface area (Å²) in [5.41, 5.74) is 7.22. The van der Waals surface area contributed by atoms with E-state index in [0.717, 1.165) is 5.56 Å². The van der Waals surface area contributed by atoms with Crippen LogP contribution in [0.4, 0.5) is 4.39 Å². The standard InChI is InChI=1S/C13H18FNO2/c1-13(2)6-8(15)10-11(13)7(14)5-9(16-3)12(10)17-4/h5,8H,6,15H2,1-4H3. The van der Waals surface area contributed by atoms with Crippen molar-refractivity contribution in [2.24, 2.45) is 5.73 Å². The van der Waals surface area contributed by atoms with Crippen LogP contribution in [0.15, 0.2) is 6.07 Å². The lowest BCUT2D eigenvalue weighted by molar-refractivity contribution is 0.347. The van der Waals surface area contributed by atoms with E-state index in [0.29, 0.717) is 23.5 Å². The summed E-state index contributed by atoms with van der Waals surface area (Å²) in [5, 5.41) is 0. The molecule has 0 radical (unpaired) electrons. The van der Waals surface area contributed by atoms with Gasteiger partial charge in [0.1, 0.15) is 5.82 Å². The van der Waals surface area contributed by atoms with Gasteiger partial charge in [-0.15, -0.1) is 0 Å². The molecule has 0 amide bonds. The van der Waals surface area contributed by atoms with Gasteiger partial charge in [-0.2, -0.15) is 0 Å². The van der Waals surface area contributed by atoms with Crippen molar-refractivity contribution in [2.75, 3.05) is 14.2 Å². The van der Waals surface area contributed by atoms with Crippen LogP contribution in [0.5, 0.6) is 11.5 Å². The molecule has 0 aromatic heterocycles. The third-order valence-electron chi connectivity index (χ3n) is 3.44. The molecule has 0 aliphatic heterocycles. The van der Waals surface area contributed by atoms with Crippen molar-refractivity contribution in [3.63, 3.8) is 0 Å². The maximum absolute atomic E-state index is 14.1. The number of methoxy groups -OCH3 is 2. The largest absolute Gasteiger partial charge is 0.493 e. The number of benzene rings is 1. The zero-order chi connectivity index (χ0) is 12.8. The van der Waals surface area contributed by atoms with E-state index < -0.39 is 0 Å². The van der Waals surface area contributed by atoms with E-state index in [1.54, 1.807) is 7.11 Å². The van der Waals surface area contributed by atoms with Gasteiger partial charge >= 0.3 is 0 Å². The van der Waals surface area contributed by atoms with E-state index in [4.69, 9.17) is 15.2 Å². The molecule has 0 heterocycles. The number of halogens is 1. The minimum atomic E-state index is -0.268. The van der Waals surface area contributed by atoms with Crippen molar-refractivity contribution >= 4 is 0 Å². The van der Waals surface area contributed by atoms with Gasteiger partial charge in [-0.1, -0.05) is 13.8 Å². The molecule has 1 unspecified atom stereocenters. The summed E-state index contributed by atoms with van der Waals surface area (Å²) in [4.78, 5) is 0. The first kappa shape index (κ1) is 12.2. The van der Waals surface area contributed by atoms with Gasteiger partial charge in [-0.05, 0) is 11.8 Å². The normalized spacial score (nSPS) is 21.2. The zero-order valence-electron chi connectivity index (χ0n) is 10.6. The predicted octanol–water partition coefficient (Wildman–Crippen LogP) is 2.52.